The monoisotopic (exact) mass is 385 g/mol. The highest BCUT2D eigenvalue weighted by molar-refractivity contribution is 5.94. The van der Waals surface area contributed by atoms with Gasteiger partial charge in [-0.1, -0.05) is 35.5 Å². The van der Waals surface area contributed by atoms with Crippen molar-refractivity contribution < 1.29 is 5.11 Å². The maximum Gasteiger partial charge on any atom is 0.137 e. The van der Waals surface area contributed by atoms with Crippen LogP contribution in [0.3, 0.4) is 0 Å². The highest BCUT2D eigenvalue weighted by Crippen LogP contribution is 2.29. The Balaban J connectivity index is 1.45. The molecule has 4 heterocycles. The molecule has 1 aromatic carbocycles. The Labute approximate surface area is 166 Å². The van der Waals surface area contributed by atoms with Crippen LogP contribution in [0, 0.1) is 0 Å². The summed E-state index contributed by atoms with van der Waals surface area (Å²) < 4.78 is 3.42. The van der Waals surface area contributed by atoms with Gasteiger partial charge in [-0.25, -0.2) is 9.67 Å². The van der Waals surface area contributed by atoms with Crippen LogP contribution >= 0.6 is 0 Å². The fourth-order valence-corrected chi connectivity index (χ4v) is 3.41. The third-order valence-electron chi connectivity index (χ3n) is 4.93. The molecule has 8 nitrogen and oxygen atoms in total. The Morgan fingerprint density at radius 3 is 2.76 bits per heavy atom. The molecular weight excluding hydrogens is 366 g/mol. The number of aliphatic hydroxyl groups is 1. The van der Waals surface area contributed by atoms with Crippen LogP contribution in [0.2, 0.25) is 0 Å². The summed E-state index contributed by atoms with van der Waals surface area (Å²) >= 11 is 0. The molecule has 29 heavy (non-hydrogen) atoms. The van der Waals surface area contributed by atoms with E-state index in [1.165, 1.54) is 0 Å². The minimum atomic E-state index is -0.646. The molecule has 1 atom stereocenters. The van der Waals surface area contributed by atoms with Gasteiger partial charge in [0, 0.05) is 47.7 Å². The Bertz CT molecular complexity index is 1270. The number of rotatable bonds is 5. The van der Waals surface area contributed by atoms with Crippen LogP contribution in [0.1, 0.15) is 11.7 Å². The van der Waals surface area contributed by atoms with E-state index >= 15 is 0 Å². The summed E-state index contributed by atoms with van der Waals surface area (Å²) in [6.45, 7) is 0.332. The molecule has 0 saturated carbocycles. The lowest BCUT2D eigenvalue weighted by Gasteiger charge is -2.09. The van der Waals surface area contributed by atoms with Gasteiger partial charge in [0.15, 0.2) is 0 Å². The number of aromatic nitrogens is 7. The molecule has 4 aromatic heterocycles. The van der Waals surface area contributed by atoms with Crippen LogP contribution in [0.15, 0.2) is 67.4 Å². The van der Waals surface area contributed by atoms with Crippen molar-refractivity contribution in [1.29, 1.82) is 0 Å². The van der Waals surface area contributed by atoms with E-state index in [2.05, 4.69) is 31.4 Å². The number of pyridine rings is 1. The average Bonchev–Trinajstić information content (AvgIpc) is 3.47. The van der Waals surface area contributed by atoms with Crippen LogP contribution in [0.25, 0.3) is 33.4 Å². The summed E-state index contributed by atoms with van der Waals surface area (Å²) in [4.78, 5) is 7.71. The van der Waals surface area contributed by atoms with Crippen molar-refractivity contribution in [3.63, 3.8) is 0 Å². The zero-order valence-corrected chi connectivity index (χ0v) is 15.8. The van der Waals surface area contributed by atoms with E-state index in [0.717, 1.165) is 39.0 Å². The lowest BCUT2D eigenvalue weighted by atomic mass is 10.1. The maximum absolute atomic E-state index is 10.4. The minimum absolute atomic E-state index is 0.332. The molecule has 0 fully saturated rings. The summed E-state index contributed by atoms with van der Waals surface area (Å²) in [5, 5.41) is 24.1. The lowest BCUT2D eigenvalue weighted by molar-refractivity contribution is 0.150. The quantitative estimate of drug-likeness (QED) is 0.485. The van der Waals surface area contributed by atoms with E-state index < -0.39 is 6.10 Å². The van der Waals surface area contributed by atoms with E-state index in [9.17, 15) is 5.11 Å². The molecule has 8 heteroatoms. The molecule has 0 radical (unpaired) electrons. The third kappa shape index (κ3) is 3.30. The summed E-state index contributed by atoms with van der Waals surface area (Å²) in [5.41, 5.74) is 5.26. The van der Waals surface area contributed by atoms with Crippen LogP contribution in [-0.2, 0) is 13.6 Å². The molecule has 0 bridgehead atoms. The number of hydrogen-bond donors (Lipinski definition) is 2. The SMILES string of the molecule is Cn1cc(-c2cnc3[nH]cc(-c4cn(CC(O)c5ccccc5)nn4)c3c2)cn1. The van der Waals surface area contributed by atoms with Crippen molar-refractivity contribution >= 4 is 11.0 Å². The van der Waals surface area contributed by atoms with Crippen LogP contribution in [0.5, 0.6) is 0 Å². The largest absolute Gasteiger partial charge is 0.386 e. The van der Waals surface area contributed by atoms with Gasteiger partial charge in [-0.3, -0.25) is 4.68 Å². The van der Waals surface area contributed by atoms with Crippen molar-refractivity contribution in [2.45, 2.75) is 12.6 Å². The Kier molecular flexibility index (Phi) is 4.18. The summed E-state index contributed by atoms with van der Waals surface area (Å²) in [6, 6.07) is 11.6. The molecule has 5 aromatic rings. The fraction of sp³-hybridized carbons (Fsp3) is 0.143. The molecule has 0 spiro atoms. The predicted molar refractivity (Wildman–Crippen MR) is 109 cm³/mol. The second kappa shape index (κ2) is 6.99. The predicted octanol–water partition coefficient (Wildman–Crippen LogP) is 2.96. The first-order chi connectivity index (χ1) is 14.2. The van der Waals surface area contributed by atoms with Gasteiger partial charge in [-0.2, -0.15) is 5.10 Å². The first-order valence-corrected chi connectivity index (χ1v) is 9.27. The molecule has 0 aliphatic carbocycles. The molecule has 2 N–H and O–H groups in total. The van der Waals surface area contributed by atoms with Gasteiger partial charge in [0.05, 0.1) is 25.0 Å². The van der Waals surface area contributed by atoms with Crippen molar-refractivity contribution in [2.24, 2.45) is 7.05 Å². The Morgan fingerprint density at radius 1 is 1.10 bits per heavy atom. The smallest absolute Gasteiger partial charge is 0.137 e. The van der Waals surface area contributed by atoms with Crippen LogP contribution in [0.4, 0.5) is 0 Å². The van der Waals surface area contributed by atoms with Crippen molar-refractivity contribution in [1.82, 2.24) is 34.7 Å². The van der Waals surface area contributed by atoms with Gasteiger partial charge in [-0.05, 0) is 11.6 Å². The summed E-state index contributed by atoms with van der Waals surface area (Å²) in [7, 11) is 1.89. The minimum Gasteiger partial charge on any atom is -0.386 e. The molecule has 144 valence electrons. The van der Waals surface area contributed by atoms with Gasteiger partial charge in [0.1, 0.15) is 11.3 Å². The van der Waals surface area contributed by atoms with Gasteiger partial charge in [0.2, 0.25) is 0 Å². The molecule has 0 amide bonds. The highest BCUT2D eigenvalue weighted by atomic mass is 16.3. The number of aryl methyl sites for hydroxylation is 1. The first kappa shape index (κ1) is 17.3. The standard InChI is InChI=1S/C21H19N7O/c1-27-11-16(9-24-27)15-7-17-18(10-23-21(17)22-8-15)19-12-28(26-25-19)13-20(29)14-5-3-2-4-6-14/h2-12,20,29H,13H2,1H3,(H,22,23). The number of nitrogens with one attached hydrogen (secondary N) is 1. The van der Waals surface area contributed by atoms with Gasteiger partial charge in [0.25, 0.3) is 0 Å². The second-order valence-electron chi connectivity index (χ2n) is 6.98. The number of benzene rings is 1. The number of H-pyrrole nitrogens is 1. The second-order valence-corrected chi connectivity index (χ2v) is 6.98. The normalized spacial score (nSPS) is 12.5. The van der Waals surface area contributed by atoms with E-state index in [1.54, 1.807) is 9.36 Å². The number of aromatic amines is 1. The number of fused-ring (bicyclic) bond motifs is 1. The number of hydrogen-bond acceptors (Lipinski definition) is 5. The summed E-state index contributed by atoms with van der Waals surface area (Å²) in [6.07, 6.45) is 8.67. The highest BCUT2D eigenvalue weighted by Gasteiger charge is 2.14. The van der Waals surface area contributed by atoms with Crippen LogP contribution in [-0.4, -0.2) is 39.8 Å². The molecule has 5 rings (SSSR count). The van der Waals surface area contributed by atoms with Crippen LogP contribution < -0.4 is 0 Å². The molecule has 0 aliphatic heterocycles. The topological polar surface area (TPSA) is 97.4 Å². The van der Waals surface area contributed by atoms with Gasteiger partial charge >= 0.3 is 0 Å². The molecule has 0 saturated heterocycles. The van der Waals surface area contributed by atoms with E-state index in [1.807, 2.05) is 68.4 Å². The van der Waals surface area contributed by atoms with E-state index in [-0.39, 0.29) is 0 Å². The molecular formula is C21H19N7O. The zero-order chi connectivity index (χ0) is 19.8. The first-order valence-electron chi connectivity index (χ1n) is 9.27. The molecule has 0 aliphatic rings. The van der Waals surface area contributed by atoms with E-state index in [4.69, 9.17) is 0 Å². The lowest BCUT2D eigenvalue weighted by Crippen LogP contribution is -2.09. The number of nitrogens with zero attached hydrogens (tertiary/aromatic N) is 6. The van der Waals surface area contributed by atoms with Crippen molar-refractivity contribution in [3.05, 3.63) is 72.9 Å². The van der Waals surface area contributed by atoms with Gasteiger partial charge < -0.3 is 10.1 Å². The fourth-order valence-electron chi connectivity index (χ4n) is 3.41. The van der Waals surface area contributed by atoms with E-state index in [0.29, 0.717) is 6.54 Å². The Hall–Kier alpha value is -3.78. The molecule has 1 unspecified atom stereocenters. The summed E-state index contributed by atoms with van der Waals surface area (Å²) in [5.74, 6) is 0. The van der Waals surface area contributed by atoms with Crippen molar-refractivity contribution in [2.75, 3.05) is 0 Å². The number of aliphatic hydroxyl groups excluding tert-OH is 1. The maximum atomic E-state index is 10.4. The Morgan fingerprint density at radius 2 is 1.97 bits per heavy atom. The zero-order valence-electron chi connectivity index (χ0n) is 15.8. The van der Waals surface area contributed by atoms with Crippen molar-refractivity contribution in [3.8, 4) is 22.4 Å². The average molecular weight is 385 g/mol. The van der Waals surface area contributed by atoms with Gasteiger partial charge in [-0.15, -0.1) is 5.10 Å². The third-order valence-corrected chi connectivity index (χ3v) is 4.93.